The fourth-order valence-corrected chi connectivity index (χ4v) is 0. The summed E-state index contributed by atoms with van der Waals surface area (Å²) in [7, 11) is -2.28. The van der Waals surface area contributed by atoms with Crippen LogP contribution in [0.4, 0.5) is 0 Å². The minimum atomic E-state index is -2.28. The van der Waals surface area contributed by atoms with Crippen LogP contribution in [0.15, 0.2) is 0 Å². The number of hydrogen-bond donors (Lipinski definition) is 2. The van der Waals surface area contributed by atoms with Crippen LogP contribution in [-0.2, 0) is 4.70 Å². The molecule has 2 N–H and O–H groups in total. The first-order valence-electron chi connectivity index (χ1n) is 0.894. The SMILES string of the molecule is O=BP(O)O. The molecule has 0 aliphatic carbocycles. The zero-order chi connectivity index (χ0) is 4.28. The van der Waals surface area contributed by atoms with E-state index in [9.17, 15) is 0 Å². The van der Waals surface area contributed by atoms with E-state index in [1.807, 2.05) is 0 Å². The van der Waals surface area contributed by atoms with E-state index in [1.54, 1.807) is 0 Å². The molecular formula is H2BO3P. The molecule has 0 saturated heterocycles. The number of hydrogen-bond acceptors (Lipinski definition) is 3. The van der Waals surface area contributed by atoms with E-state index in [4.69, 9.17) is 14.5 Å². The van der Waals surface area contributed by atoms with Gasteiger partial charge in [-0.05, 0) is 0 Å². The minimum absolute atomic E-state index is 0.0926. The Morgan fingerprint density at radius 1 is 1.60 bits per heavy atom. The summed E-state index contributed by atoms with van der Waals surface area (Å²) in [5.41, 5.74) is 0. The van der Waals surface area contributed by atoms with Gasteiger partial charge in [-0.1, -0.05) is 0 Å². The van der Waals surface area contributed by atoms with Gasteiger partial charge in [0, 0.05) is 0 Å². The zero-order valence-corrected chi connectivity index (χ0v) is 3.22. The van der Waals surface area contributed by atoms with E-state index < -0.39 is 8.25 Å². The van der Waals surface area contributed by atoms with Crippen molar-refractivity contribution in [3.63, 3.8) is 0 Å². The fourth-order valence-electron chi connectivity index (χ4n) is 0. The third-order valence-corrected chi connectivity index (χ3v) is 0.283. The summed E-state index contributed by atoms with van der Waals surface area (Å²) in [6.45, 7) is 0.0926. The van der Waals surface area contributed by atoms with Crippen molar-refractivity contribution >= 4 is 15.1 Å². The van der Waals surface area contributed by atoms with E-state index in [1.165, 1.54) is 0 Å². The van der Waals surface area contributed by atoms with Crippen LogP contribution in [0.2, 0.25) is 0 Å². The molecule has 0 spiro atoms. The van der Waals surface area contributed by atoms with Gasteiger partial charge in [-0.15, -0.1) is 0 Å². The molecule has 3 nitrogen and oxygen atoms in total. The predicted octanol–water partition coefficient (Wildman–Crippen LogP) is -0.752. The average molecular weight is 91.8 g/mol. The monoisotopic (exact) mass is 92.0 g/mol. The zero-order valence-electron chi connectivity index (χ0n) is 2.33. The molecule has 28 valence electrons. The van der Waals surface area contributed by atoms with Gasteiger partial charge < -0.3 is 0 Å². The second kappa shape index (κ2) is 2.45. The summed E-state index contributed by atoms with van der Waals surface area (Å²) in [4.78, 5) is 15.2. The van der Waals surface area contributed by atoms with Gasteiger partial charge in [-0.3, -0.25) is 0 Å². The van der Waals surface area contributed by atoms with Crippen LogP contribution in [-0.4, -0.2) is 16.7 Å². The van der Waals surface area contributed by atoms with Crippen LogP contribution in [0, 0.1) is 0 Å². The van der Waals surface area contributed by atoms with Gasteiger partial charge in [-0.2, -0.15) is 0 Å². The van der Waals surface area contributed by atoms with Crippen molar-refractivity contribution in [2.24, 2.45) is 0 Å². The van der Waals surface area contributed by atoms with Crippen LogP contribution in [0.25, 0.3) is 0 Å². The molecule has 0 radical (unpaired) electrons. The van der Waals surface area contributed by atoms with Gasteiger partial charge in [0.1, 0.15) is 0 Å². The Morgan fingerprint density at radius 2 is 1.80 bits per heavy atom. The molecule has 0 bridgehead atoms. The molecule has 0 amide bonds. The molecule has 0 atom stereocenters. The first-order chi connectivity index (χ1) is 2.27. The molecule has 5 heteroatoms. The first kappa shape index (κ1) is 5.21. The Hall–Kier alpha value is 0.215. The van der Waals surface area contributed by atoms with Crippen molar-refractivity contribution in [2.75, 3.05) is 0 Å². The van der Waals surface area contributed by atoms with Crippen LogP contribution in [0.5, 0.6) is 0 Å². The average Bonchev–Trinajstić information content (AvgIpc) is 1.38. The standard InChI is InChI=1S/BH2O3P/c2-1-5(3)4/h3-4H. The Balaban J connectivity index is 2.83. The molecule has 0 aliphatic heterocycles. The van der Waals surface area contributed by atoms with E-state index in [0.29, 0.717) is 0 Å². The molecule has 0 fully saturated rings. The molecule has 0 unspecified atom stereocenters. The topological polar surface area (TPSA) is 57.5 Å². The molecule has 0 aromatic carbocycles. The summed E-state index contributed by atoms with van der Waals surface area (Å²) in [6, 6.07) is 0. The molecule has 0 aromatic heterocycles. The second-order valence-electron chi connectivity index (χ2n) is 0.426. The maximum absolute atomic E-state index is 9.03. The van der Waals surface area contributed by atoms with Crippen molar-refractivity contribution in [2.45, 2.75) is 0 Å². The van der Waals surface area contributed by atoms with Crippen LogP contribution in [0.1, 0.15) is 0 Å². The maximum atomic E-state index is 9.03. The molecule has 0 rings (SSSR count). The molecule has 0 aromatic rings. The normalized spacial score (nSPS) is 7.80. The summed E-state index contributed by atoms with van der Waals surface area (Å²) in [5, 5.41) is 0. The van der Waals surface area contributed by atoms with Gasteiger partial charge in [-0.25, -0.2) is 0 Å². The van der Waals surface area contributed by atoms with Crippen molar-refractivity contribution in [3.8, 4) is 0 Å². The van der Waals surface area contributed by atoms with Crippen molar-refractivity contribution in [1.82, 2.24) is 0 Å². The fraction of sp³-hybridized carbons (Fsp3) is 0. The van der Waals surface area contributed by atoms with Gasteiger partial charge in [0.05, 0.1) is 0 Å². The van der Waals surface area contributed by atoms with Gasteiger partial charge >= 0.3 is 29.6 Å². The molecule has 0 heterocycles. The van der Waals surface area contributed by atoms with Crippen molar-refractivity contribution < 1.29 is 14.5 Å². The van der Waals surface area contributed by atoms with Crippen molar-refractivity contribution in [1.29, 1.82) is 0 Å². The Morgan fingerprint density at radius 3 is 1.80 bits per heavy atom. The molecule has 0 aliphatic rings. The molecule has 5 heavy (non-hydrogen) atoms. The second-order valence-corrected chi connectivity index (χ2v) is 1.28. The summed E-state index contributed by atoms with van der Waals surface area (Å²) < 4.78 is 9.03. The van der Waals surface area contributed by atoms with Gasteiger partial charge in [0.2, 0.25) is 0 Å². The predicted molar refractivity (Wildman–Crippen MR) is 17.8 cm³/mol. The van der Waals surface area contributed by atoms with Crippen LogP contribution < -0.4 is 0 Å². The van der Waals surface area contributed by atoms with Gasteiger partial charge in [0.15, 0.2) is 0 Å². The van der Waals surface area contributed by atoms with E-state index in [0.717, 1.165) is 0 Å². The third kappa shape index (κ3) is 4.21. The van der Waals surface area contributed by atoms with E-state index in [2.05, 4.69) is 0 Å². The van der Waals surface area contributed by atoms with Crippen molar-refractivity contribution in [3.05, 3.63) is 0 Å². The first-order valence-corrected chi connectivity index (χ1v) is 2.21. The van der Waals surface area contributed by atoms with E-state index in [-0.39, 0.29) is 6.87 Å². The summed E-state index contributed by atoms with van der Waals surface area (Å²) in [6.07, 6.45) is 0. The molecular weight excluding hydrogens is 89.8 g/mol. The van der Waals surface area contributed by atoms with E-state index >= 15 is 0 Å². The molecule has 0 saturated carbocycles. The van der Waals surface area contributed by atoms with Crippen LogP contribution >= 0.6 is 8.25 Å². The van der Waals surface area contributed by atoms with Gasteiger partial charge in [0.25, 0.3) is 0 Å². The van der Waals surface area contributed by atoms with Crippen LogP contribution in [0.3, 0.4) is 0 Å². The Kier molecular flexibility index (Phi) is 2.56. The summed E-state index contributed by atoms with van der Waals surface area (Å²) >= 11 is 0. The Labute approximate surface area is 30.8 Å². The third-order valence-electron chi connectivity index (χ3n) is 0.0943. The summed E-state index contributed by atoms with van der Waals surface area (Å²) in [5.74, 6) is 0. The number of rotatable bonds is 1. The Bertz CT molecular complexity index is 33.9. The quantitative estimate of drug-likeness (QED) is 0.330.